The summed E-state index contributed by atoms with van der Waals surface area (Å²) in [5, 5.41) is 19.0. The lowest BCUT2D eigenvalue weighted by atomic mass is 10.1. The molecule has 1 aromatic heterocycles. The average molecular weight is 240 g/mol. The molecular weight excluding hydrogens is 234 g/mol. The van der Waals surface area contributed by atoms with Gasteiger partial charge < -0.3 is 15.2 Å². The smallest absolute Gasteiger partial charge is 0.345 e. The minimum absolute atomic E-state index is 0.199. The fourth-order valence-electron chi connectivity index (χ4n) is 1.45. The summed E-state index contributed by atoms with van der Waals surface area (Å²) < 4.78 is 0. The van der Waals surface area contributed by atoms with Gasteiger partial charge in [0.15, 0.2) is 5.56 Å². The van der Waals surface area contributed by atoms with E-state index >= 15 is 0 Å². The van der Waals surface area contributed by atoms with Crippen LogP contribution in [-0.4, -0.2) is 21.2 Å². The van der Waals surface area contributed by atoms with E-state index < -0.39 is 22.8 Å². The van der Waals surface area contributed by atoms with E-state index in [-0.39, 0.29) is 5.39 Å². The predicted octanol–water partition coefficient (Wildman–Crippen LogP) is 1.59. The van der Waals surface area contributed by atoms with Crippen LogP contribution in [0.15, 0.2) is 23.0 Å². The number of benzene rings is 1. The number of hydrogen-bond donors (Lipinski definition) is 3. The molecule has 82 valence electrons. The molecule has 5 nitrogen and oxygen atoms in total. The summed E-state index contributed by atoms with van der Waals surface area (Å²) in [5.41, 5.74) is -1.20. The number of hydrogen-bond acceptors (Lipinski definition) is 3. The number of halogens is 1. The van der Waals surface area contributed by atoms with E-state index in [0.717, 1.165) is 0 Å². The molecule has 0 fully saturated rings. The molecular formula is C10H6ClNO4. The third-order valence-electron chi connectivity index (χ3n) is 2.16. The Labute approximate surface area is 93.9 Å². The molecule has 0 unspecified atom stereocenters. The van der Waals surface area contributed by atoms with Crippen LogP contribution < -0.4 is 5.56 Å². The lowest BCUT2D eigenvalue weighted by molar-refractivity contribution is 0.0692. The van der Waals surface area contributed by atoms with Crippen molar-refractivity contribution >= 4 is 28.5 Å². The Bertz CT molecular complexity index is 647. The standard InChI is InChI=1S/C10H6ClNO4/c11-4-1-2-6-5(3-4)8(13)7(10(15)16)9(14)12-6/h1-3H,(H,15,16)(H2,12,13,14). The Balaban J connectivity index is 2.96. The van der Waals surface area contributed by atoms with Crippen LogP contribution in [0.4, 0.5) is 0 Å². The van der Waals surface area contributed by atoms with Crippen LogP contribution in [0, 0.1) is 0 Å². The monoisotopic (exact) mass is 239 g/mol. The number of nitrogens with one attached hydrogen (secondary N) is 1. The van der Waals surface area contributed by atoms with Gasteiger partial charge in [0.05, 0.1) is 5.52 Å². The summed E-state index contributed by atoms with van der Waals surface area (Å²) in [6.45, 7) is 0. The summed E-state index contributed by atoms with van der Waals surface area (Å²) in [6, 6.07) is 4.40. The molecule has 0 aliphatic carbocycles. The summed E-state index contributed by atoms with van der Waals surface area (Å²) in [5.74, 6) is -2.06. The van der Waals surface area contributed by atoms with Crippen LogP contribution >= 0.6 is 11.6 Å². The minimum atomic E-state index is -1.49. The van der Waals surface area contributed by atoms with Crippen molar-refractivity contribution < 1.29 is 15.0 Å². The molecule has 1 heterocycles. The largest absolute Gasteiger partial charge is 0.506 e. The average Bonchev–Trinajstić information content (AvgIpc) is 2.19. The first-order chi connectivity index (χ1) is 7.50. The van der Waals surface area contributed by atoms with Gasteiger partial charge in [-0.3, -0.25) is 4.79 Å². The fraction of sp³-hybridized carbons (Fsp3) is 0. The zero-order valence-corrected chi connectivity index (χ0v) is 8.58. The number of aromatic carboxylic acids is 1. The Morgan fingerprint density at radius 1 is 1.38 bits per heavy atom. The number of aromatic amines is 1. The molecule has 0 amide bonds. The van der Waals surface area contributed by atoms with Gasteiger partial charge >= 0.3 is 5.97 Å². The molecule has 0 bridgehead atoms. The maximum atomic E-state index is 11.4. The quantitative estimate of drug-likeness (QED) is 0.705. The van der Waals surface area contributed by atoms with E-state index in [2.05, 4.69) is 4.98 Å². The molecule has 0 aliphatic rings. The van der Waals surface area contributed by atoms with Crippen LogP contribution in [0.1, 0.15) is 10.4 Å². The first kappa shape index (κ1) is 10.5. The predicted molar refractivity (Wildman–Crippen MR) is 58.2 cm³/mol. The van der Waals surface area contributed by atoms with Crippen molar-refractivity contribution in [1.82, 2.24) is 4.98 Å². The Kier molecular flexibility index (Phi) is 2.32. The molecule has 0 saturated heterocycles. The van der Waals surface area contributed by atoms with Crippen LogP contribution in [0.3, 0.4) is 0 Å². The zero-order valence-electron chi connectivity index (χ0n) is 7.82. The first-order valence-corrected chi connectivity index (χ1v) is 4.66. The van der Waals surface area contributed by atoms with E-state index in [1.807, 2.05) is 0 Å². The number of carbonyl (C=O) groups is 1. The van der Waals surface area contributed by atoms with E-state index in [1.54, 1.807) is 0 Å². The van der Waals surface area contributed by atoms with Crippen LogP contribution in [0.2, 0.25) is 5.02 Å². The van der Waals surface area contributed by atoms with E-state index in [0.29, 0.717) is 10.5 Å². The van der Waals surface area contributed by atoms with Gasteiger partial charge in [-0.25, -0.2) is 4.79 Å². The molecule has 2 aromatic rings. The normalized spacial score (nSPS) is 10.6. The molecule has 0 radical (unpaired) electrons. The highest BCUT2D eigenvalue weighted by molar-refractivity contribution is 6.31. The Morgan fingerprint density at radius 2 is 2.06 bits per heavy atom. The third-order valence-corrected chi connectivity index (χ3v) is 2.40. The van der Waals surface area contributed by atoms with Gasteiger partial charge in [-0.1, -0.05) is 11.6 Å². The van der Waals surface area contributed by atoms with Gasteiger partial charge in [-0.05, 0) is 18.2 Å². The number of aromatic hydroxyl groups is 1. The van der Waals surface area contributed by atoms with Crippen molar-refractivity contribution in [3.05, 3.63) is 39.1 Å². The highest BCUT2D eigenvalue weighted by atomic mass is 35.5. The minimum Gasteiger partial charge on any atom is -0.506 e. The molecule has 0 saturated carbocycles. The van der Waals surface area contributed by atoms with Crippen molar-refractivity contribution in [2.45, 2.75) is 0 Å². The lowest BCUT2D eigenvalue weighted by Crippen LogP contribution is -2.17. The van der Waals surface area contributed by atoms with Crippen LogP contribution in [0.25, 0.3) is 10.9 Å². The number of H-pyrrole nitrogens is 1. The Morgan fingerprint density at radius 3 is 2.69 bits per heavy atom. The molecule has 6 heteroatoms. The summed E-state index contributed by atoms with van der Waals surface area (Å²) in [7, 11) is 0. The van der Waals surface area contributed by atoms with Gasteiger partial charge in [-0.2, -0.15) is 0 Å². The maximum Gasteiger partial charge on any atom is 0.345 e. The summed E-state index contributed by atoms with van der Waals surface area (Å²) >= 11 is 5.71. The number of pyridine rings is 1. The van der Waals surface area contributed by atoms with Crippen molar-refractivity contribution in [3.8, 4) is 5.75 Å². The van der Waals surface area contributed by atoms with E-state index in [4.69, 9.17) is 16.7 Å². The maximum absolute atomic E-state index is 11.4. The first-order valence-electron chi connectivity index (χ1n) is 4.28. The van der Waals surface area contributed by atoms with Crippen LogP contribution in [-0.2, 0) is 0 Å². The number of rotatable bonds is 1. The van der Waals surface area contributed by atoms with Crippen molar-refractivity contribution in [2.24, 2.45) is 0 Å². The molecule has 0 spiro atoms. The molecule has 0 atom stereocenters. The van der Waals surface area contributed by atoms with E-state index in [9.17, 15) is 14.7 Å². The zero-order chi connectivity index (χ0) is 11.9. The molecule has 1 aromatic carbocycles. The molecule has 16 heavy (non-hydrogen) atoms. The second kappa shape index (κ2) is 3.53. The third kappa shape index (κ3) is 1.51. The molecule has 3 N–H and O–H groups in total. The van der Waals surface area contributed by atoms with Gasteiger partial charge in [0, 0.05) is 10.4 Å². The second-order valence-electron chi connectivity index (χ2n) is 3.17. The number of carboxylic acids is 1. The number of aromatic nitrogens is 1. The summed E-state index contributed by atoms with van der Waals surface area (Å²) in [6.07, 6.45) is 0. The summed E-state index contributed by atoms with van der Waals surface area (Å²) in [4.78, 5) is 24.5. The van der Waals surface area contributed by atoms with Crippen molar-refractivity contribution in [1.29, 1.82) is 0 Å². The lowest BCUT2D eigenvalue weighted by Gasteiger charge is -2.04. The van der Waals surface area contributed by atoms with Crippen molar-refractivity contribution in [2.75, 3.05) is 0 Å². The Hall–Kier alpha value is -2.01. The second-order valence-corrected chi connectivity index (χ2v) is 3.61. The highest BCUT2D eigenvalue weighted by Crippen LogP contribution is 2.27. The fourth-order valence-corrected chi connectivity index (χ4v) is 1.62. The van der Waals surface area contributed by atoms with Crippen molar-refractivity contribution in [3.63, 3.8) is 0 Å². The SMILES string of the molecule is O=C(O)c1c(O)c2cc(Cl)ccc2[nH]c1=O. The van der Waals surface area contributed by atoms with Gasteiger partial charge in [0.25, 0.3) is 5.56 Å². The van der Waals surface area contributed by atoms with Gasteiger partial charge in [0.1, 0.15) is 5.75 Å². The van der Waals surface area contributed by atoms with Gasteiger partial charge in [-0.15, -0.1) is 0 Å². The molecule has 0 aliphatic heterocycles. The van der Waals surface area contributed by atoms with Gasteiger partial charge in [0.2, 0.25) is 0 Å². The number of fused-ring (bicyclic) bond motifs is 1. The van der Waals surface area contributed by atoms with E-state index in [1.165, 1.54) is 18.2 Å². The number of carboxylic acid groups (broad SMARTS) is 1. The topological polar surface area (TPSA) is 90.4 Å². The molecule has 2 rings (SSSR count). The van der Waals surface area contributed by atoms with Crippen LogP contribution in [0.5, 0.6) is 5.75 Å². The highest BCUT2D eigenvalue weighted by Gasteiger charge is 2.17.